The third-order valence-corrected chi connectivity index (χ3v) is 3.54. The van der Waals surface area contributed by atoms with E-state index >= 15 is 0 Å². The summed E-state index contributed by atoms with van der Waals surface area (Å²) in [6.07, 6.45) is 3.64. The molecule has 0 aliphatic rings. The second kappa shape index (κ2) is 6.58. The number of hydrogen-bond donors (Lipinski definition) is 2. The molecule has 1 aromatic carbocycles. The second-order valence-electron chi connectivity index (χ2n) is 4.22. The minimum absolute atomic E-state index is 0.120. The zero-order valence-electron chi connectivity index (χ0n) is 10.2. The van der Waals surface area contributed by atoms with Crippen molar-refractivity contribution >= 4 is 27.5 Å². The molecule has 0 aliphatic carbocycles. The monoisotopic (exact) mass is 361 g/mol. The van der Waals surface area contributed by atoms with Gasteiger partial charge in [0.1, 0.15) is 11.6 Å². The highest BCUT2D eigenvalue weighted by molar-refractivity contribution is 9.10. The van der Waals surface area contributed by atoms with Crippen molar-refractivity contribution in [2.45, 2.75) is 12.5 Å². The number of nitrogens with two attached hydrogens (primary N) is 1. The van der Waals surface area contributed by atoms with Crippen molar-refractivity contribution in [3.05, 3.63) is 62.8 Å². The molecule has 3 nitrogen and oxygen atoms in total. The van der Waals surface area contributed by atoms with Crippen molar-refractivity contribution in [1.82, 2.24) is 10.4 Å². The summed E-state index contributed by atoms with van der Waals surface area (Å²) in [4.78, 5) is 4.01. The van der Waals surface area contributed by atoms with Gasteiger partial charge in [0.2, 0.25) is 0 Å². The molecular weight excluding hydrogens is 352 g/mol. The summed E-state index contributed by atoms with van der Waals surface area (Å²) >= 11 is 8.83. The van der Waals surface area contributed by atoms with E-state index in [1.165, 1.54) is 0 Å². The van der Waals surface area contributed by atoms with Gasteiger partial charge in [-0.15, -0.1) is 0 Å². The van der Waals surface area contributed by atoms with Crippen LogP contribution in [0, 0.1) is 11.6 Å². The molecule has 1 unspecified atom stereocenters. The SMILES string of the molecule is NNC(Cc1cncc(Br)c1)c1cc(F)c(Cl)cc1F. The Labute approximate surface area is 128 Å². The van der Waals surface area contributed by atoms with Gasteiger partial charge in [0.15, 0.2) is 0 Å². The highest BCUT2D eigenvalue weighted by Gasteiger charge is 2.18. The molecule has 0 saturated carbocycles. The predicted octanol–water partition coefficient (Wildman–Crippen LogP) is 3.52. The molecule has 2 rings (SSSR count). The zero-order valence-corrected chi connectivity index (χ0v) is 12.5. The number of nitrogens with zero attached hydrogens (tertiary/aromatic N) is 1. The van der Waals surface area contributed by atoms with Crippen LogP contribution in [-0.2, 0) is 6.42 Å². The number of hydrazine groups is 1. The van der Waals surface area contributed by atoms with Crippen LogP contribution in [0.15, 0.2) is 35.1 Å². The first kappa shape index (κ1) is 15.3. The lowest BCUT2D eigenvalue weighted by Gasteiger charge is -2.17. The van der Waals surface area contributed by atoms with Gasteiger partial charge in [0, 0.05) is 22.4 Å². The number of rotatable bonds is 4. The van der Waals surface area contributed by atoms with Gasteiger partial charge < -0.3 is 0 Å². The van der Waals surface area contributed by atoms with Gasteiger partial charge in [0.25, 0.3) is 0 Å². The summed E-state index contributed by atoms with van der Waals surface area (Å²) in [7, 11) is 0. The molecule has 0 bridgehead atoms. The molecule has 0 aliphatic heterocycles. The third kappa shape index (κ3) is 3.52. The molecule has 0 saturated heterocycles. The van der Waals surface area contributed by atoms with Crippen molar-refractivity contribution in [3.8, 4) is 0 Å². The van der Waals surface area contributed by atoms with Crippen LogP contribution in [0.2, 0.25) is 5.02 Å². The number of benzene rings is 1. The van der Waals surface area contributed by atoms with Crippen molar-refractivity contribution in [1.29, 1.82) is 0 Å². The van der Waals surface area contributed by atoms with Crippen LogP contribution < -0.4 is 11.3 Å². The Kier molecular flexibility index (Phi) is 5.04. The van der Waals surface area contributed by atoms with Crippen LogP contribution in [0.1, 0.15) is 17.2 Å². The number of pyridine rings is 1. The Balaban J connectivity index is 2.31. The quantitative estimate of drug-likeness (QED) is 0.497. The van der Waals surface area contributed by atoms with Gasteiger partial charge in [-0.3, -0.25) is 16.3 Å². The summed E-state index contributed by atoms with van der Waals surface area (Å²) in [5, 5.41) is -0.258. The molecule has 3 N–H and O–H groups in total. The van der Waals surface area contributed by atoms with E-state index in [0.29, 0.717) is 6.42 Å². The molecule has 2 aromatic rings. The Morgan fingerprint density at radius 3 is 2.65 bits per heavy atom. The molecule has 1 aromatic heterocycles. The van der Waals surface area contributed by atoms with Crippen molar-refractivity contribution in [2.24, 2.45) is 5.84 Å². The first-order chi connectivity index (χ1) is 9.51. The first-order valence-corrected chi connectivity index (χ1v) is 6.88. The molecule has 1 atom stereocenters. The minimum atomic E-state index is -0.685. The fourth-order valence-electron chi connectivity index (χ4n) is 1.87. The van der Waals surface area contributed by atoms with Crippen molar-refractivity contribution in [2.75, 3.05) is 0 Å². The van der Waals surface area contributed by atoms with E-state index in [2.05, 4.69) is 26.3 Å². The highest BCUT2D eigenvalue weighted by atomic mass is 79.9. The first-order valence-electron chi connectivity index (χ1n) is 5.71. The molecule has 0 amide bonds. The van der Waals surface area contributed by atoms with Crippen LogP contribution in [0.25, 0.3) is 0 Å². The van der Waals surface area contributed by atoms with E-state index in [9.17, 15) is 8.78 Å². The molecule has 7 heteroatoms. The third-order valence-electron chi connectivity index (χ3n) is 2.82. The maximum atomic E-state index is 13.9. The van der Waals surface area contributed by atoms with Gasteiger partial charge in [-0.05, 0) is 46.1 Å². The van der Waals surface area contributed by atoms with Crippen molar-refractivity contribution in [3.63, 3.8) is 0 Å². The number of aromatic nitrogens is 1. The molecule has 0 radical (unpaired) electrons. The van der Waals surface area contributed by atoms with Crippen LogP contribution in [-0.4, -0.2) is 4.98 Å². The van der Waals surface area contributed by atoms with Gasteiger partial charge in [-0.1, -0.05) is 11.6 Å². The molecule has 1 heterocycles. The topological polar surface area (TPSA) is 50.9 Å². The lowest BCUT2D eigenvalue weighted by atomic mass is 10.00. The second-order valence-corrected chi connectivity index (χ2v) is 5.55. The number of nitrogens with one attached hydrogen (secondary N) is 1. The molecule has 20 heavy (non-hydrogen) atoms. The molecule has 0 spiro atoms. The Morgan fingerprint density at radius 1 is 1.25 bits per heavy atom. The lowest BCUT2D eigenvalue weighted by molar-refractivity contribution is 0.502. The Hall–Kier alpha value is -1.08. The summed E-state index contributed by atoms with van der Waals surface area (Å²) in [5.41, 5.74) is 3.43. The summed E-state index contributed by atoms with van der Waals surface area (Å²) in [6, 6.07) is 3.24. The number of hydrogen-bond acceptors (Lipinski definition) is 3. The predicted molar refractivity (Wildman–Crippen MR) is 77.1 cm³/mol. The van der Waals surface area contributed by atoms with E-state index in [-0.39, 0.29) is 10.6 Å². The summed E-state index contributed by atoms with van der Waals surface area (Å²) in [6.45, 7) is 0. The minimum Gasteiger partial charge on any atom is -0.271 e. The van der Waals surface area contributed by atoms with Crippen LogP contribution in [0.4, 0.5) is 8.78 Å². The van der Waals surface area contributed by atoms with E-state index in [1.807, 2.05) is 6.07 Å². The molecule has 106 valence electrons. The molecule has 0 fully saturated rings. The Morgan fingerprint density at radius 2 is 2.00 bits per heavy atom. The van der Waals surface area contributed by atoms with Crippen LogP contribution in [0.3, 0.4) is 0 Å². The standard InChI is InChI=1S/C13H11BrClF2N3/c14-8-1-7(5-19-6-8)2-13(20-18)9-3-12(17)10(15)4-11(9)16/h1,3-6,13,20H,2,18H2. The van der Waals surface area contributed by atoms with Crippen LogP contribution >= 0.6 is 27.5 Å². The lowest BCUT2D eigenvalue weighted by Crippen LogP contribution is -2.30. The maximum absolute atomic E-state index is 13.9. The Bertz CT molecular complexity index is 625. The van der Waals surface area contributed by atoms with E-state index in [0.717, 1.165) is 22.2 Å². The van der Waals surface area contributed by atoms with Crippen LogP contribution in [0.5, 0.6) is 0 Å². The summed E-state index contributed by atoms with van der Waals surface area (Å²) < 4.78 is 28.1. The van der Waals surface area contributed by atoms with Gasteiger partial charge in [-0.25, -0.2) is 8.78 Å². The van der Waals surface area contributed by atoms with E-state index in [4.69, 9.17) is 17.4 Å². The maximum Gasteiger partial charge on any atom is 0.142 e. The zero-order chi connectivity index (χ0) is 14.7. The fraction of sp³-hybridized carbons (Fsp3) is 0.154. The number of halogens is 4. The van der Waals surface area contributed by atoms with E-state index < -0.39 is 17.7 Å². The average molecular weight is 363 g/mol. The molecular formula is C13H11BrClF2N3. The largest absolute Gasteiger partial charge is 0.271 e. The van der Waals surface area contributed by atoms with E-state index in [1.54, 1.807) is 12.4 Å². The summed E-state index contributed by atoms with van der Waals surface area (Å²) in [5.74, 6) is 4.15. The normalized spacial score (nSPS) is 12.4. The van der Waals surface area contributed by atoms with Crippen molar-refractivity contribution < 1.29 is 8.78 Å². The average Bonchev–Trinajstić information content (AvgIpc) is 2.40. The fourth-order valence-corrected chi connectivity index (χ4v) is 2.43. The smallest absolute Gasteiger partial charge is 0.142 e. The van der Waals surface area contributed by atoms with Gasteiger partial charge in [0.05, 0.1) is 11.1 Å². The highest BCUT2D eigenvalue weighted by Crippen LogP contribution is 2.26. The van der Waals surface area contributed by atoms with Gasteiger partial charge >= 0.3 is 0 Å². The van der Waals surface area contributed by atoms with Gasteiger partial charge in [-0.2, -0.15) is 0 Å².